The molecular formula is C14H28ClN3O2. The monoisotopic (exact) mass is 305 g/mol. The predicted molar refractivity (Wildman–Crippen MR) is 82.8 cm³/mol. The van der Waals surface area contributed by atoms with Crippen LogP contribution in [0.1, 0.15) is 58.3 Å². The first-order valence-electron chi connectivity index (χ1n) is 7.39. The Balaban J connectivity index is 0.00000361. The Bertz CT molecular complexity index is 292. The highest BCUT2D eigenvalue weighted by Gasteiger charge is 2.15. The molecule has 0 aromatic carbocycles. The van der Waals surface area contributed by atoms with E-state index in [2.05, 4.69) is 10.6 Å². The third-order valence-corrected chi connectivity index (χ3v) is 3.47. The third kappa shape index (κ3) is 9.15. The van der Waals surface area contributed by atoms with E-state index in [1.807, 2.05) is 6.92 Å². The summed E-state index contributed by atoms with van der Waals surface area (Å²) in [6, 6.07) is 0.385. The number of carbonyl (C=O) groups is 2. The first-order valence-corrected chi connectivity index (χ1v) is 7.39. The van der Waals surface area contributed by atoms with Gasteiger partial charge >= 0.3 is 0 Å². The molecule has 0 aromatic rings. The Kier molecular flexibility index (Phi) is 10.5. The molecule has 2 amide bonds. The first kappa shape index (κ1) is 19.2. The Hall–Kier alpha value is -0.810. The molecule has 20 heavy (non-hydrogen) atoms. The van der Waals surface area contributed by atoms with Crippen LogP contribution in [0.2, 0.25) is 0 Å². The van der Waals surface area contributed by atoms with Crippen LogP contribution in [0.5, 0.6) is 0 Å². The van der Waals surface area contributed by atoms with E-state index in [1.165, 1.54) is 19.3 Å². The molecule has 0 radical (unpaired) electrons. The molecule has 6 heteroatoms. The Morgan fingerprint density at radius 3 is 2.40 bits per heavy atom. The molecule has 0 heterocycles. The van der Waals surface area contributed by atoms with Gasteiger partial charge < -0.3 is 16.4 Å². The number of nitrogens with two attached hydrogens (primary N) is 1. The zero-order valence-corrected chi connectivity index (χ0v) is 13.1. The van der Waals surface area contributed by atoms with Crippen molar-refractivity contribution >= 4 is 24.2 Å². The summed E-state index contributed by atoms with van der Waals surface area (Å²) in [6.45, 7) is 2.29. The lowest BCUT2D eigenvalue weighted by Gasteiger charge is -2.22. The van der Waals surface area contributed by atoms with Crippen molar-refractivity contribution in [3.05, 3.63) is 0 Å². The van der Waals surface area contributed by atoms with E-state index in [4.69, 9.17) is 5.73 Å². The average molecular weight is 306 g/mol. The summed E-state index contributed by atoms with van der Waals surface area (Å²) < 4.78 is 0. The van der Waals surface area contributed by atoms with E-state index in [9.17, 15) is 9.59 Å². The molecule has 4 N–H and O–H groups in total. The minimum atomic E-state index is -0.0252. The van der Waals surface area contributed by atoms with Gasteiger partial charge in [0.1, 0.15) is 0 Å². The zero-order chi connectivity index (χ0) is 14.1. The predicted octanol–water partition coefficient (Wildman–Crippen LogP) is 1.49. The maximum Gasteiger partial charge on any atom is 0.221 e. The quantitative estimate of drug-likeness (QED) is 0.666. The van der Waals surface area contributed by atoms with Crippen LogP contribution in [-0.4, -0.2) is 30.4 Å². The molecule has 1 atom stereocenters. The topological polar surface area (TPSA) is 84.2 Å². The van der Waals surface area contributed by atoms with Gasteiger partial charge in [-0.25, -0.2) is 0 Å². The first-order chi connectivity index (χ1) is 9.08. The minimum Gasteiger partial charge on any atom is -0.356 e. The summed E-state index contributed by atoms with van der Waals surface area (Å²) in [5.74, 6) is 0.0159. The summed E-state index contributed by atoms with van der Waals surface area (Å²) >= 11 is 0. The highest BCUT2D eigenvalue weighted by molar-refractivity contribution is 5.85. The van der Waals surface area contributed by atoms with Crippen molar-refractivity contribution in [3.8, 4) is 0 Å². The van der Waals surface area contributed by atoms with Crippen LogP contribution in [0.25, 0.3) is 0 Å². The number of amides is 2. The second-order valence-corrected chi connectivity index (χ2v) is 5.52. The average Bonchev–Trinajstić information content (AvgIpc) is 2.37. The van der Waals surface area contributed by atoms with E-state index >= 15 is 0 Å². The van der Waals surface area contributed by atoms with Crippen LogP contribution in [0, 0.1) is 0 Å². The SMILES string of the molecule is CC(N)CCC(=O)NCCC(=O)NC1CCCCC1.Cl. The van der Waals surface area contributed by atoms with E-state index in [1.54, 1.807) is 0 Å². The molecule has 0 saturated heterocycles. The smallest absolute Gasteiger partial charge is 0.221 e. The minimum absolute atomic E-state index is 0. The number of nitrogens with one attached hydrogen (secondary N) is 2. The third-order valence-electron chi connectivity index (χ3n) is 3.47. The fourth-order valence-corrected chi connectivity index (χ4v) is 2.31. The van der Waals surface area contributed by atoms with Crippen molar-refractivity contribution in [1.82, 2.24) is 10.6 Å². The molecule has 1 aliphatic rings. The van der Waals surface area contributed by atoms with Gasteiger partial charge in [0.05, 0.1) is 0 Å². The normalized spacial score (nSPS) is 16.9. The molecular weight excluding hydrogens is 278 g/mol. The van der Waals surface area contributed by atoms with Crippen LogP contribution in [0.15, 0.2) is 0 Å². The van der Waals surface area contributed by atoms with Crippen molar-refractivity contribution in [2.24, 2.45) is 5.73 Å². The van der Waals surface area contributed by atoms with Crippen LogP contribution in [0.4, 0.5) is 0 Å². The van der Waals surface area contributed by atoms with E-state index in [0.717, 1.165) is 12.8 Å². The Labute approximate surface area is 127 Å². The standard InChI is InChI=1S/C14H27N3O2.ClH/c1-11(15)7-8-13(18)16-10-9-14(19)17-12-5-3-2-4-6-12;/h11-12H,2-10,15H2,1H3,(H,16,18)(H,17,19);1H. The van der Waals surface area contributed by atoms with Crippen molar-refractivity contribution in [2.45, 2.75) is 70.4 Å². The van der Waals surface area contributed by atoms with Gasteiger partial charge in [-0.2, -0.15) is 0 Å². The Morgan fingerprint density at radius 2 is 1.80 bits per heavy atom. The molecule has 118 valence electrons. The van der Waals surface area contributed by atoms with Crippen LogP contribution < -0.4 is 16.4 Å². The summed E-state index contributed by atoms with van der Waals surface area (Å²) in [7, 11) is 0. The van der Waals surface area contributed by atoms with Crippen molar-refractivity contribution in [1.29, 1.82) is 0 Å². The van der Waals surface area contributed by atoms with E-state index in [0.29, 0.717) is 31.8 Å². The van der Waals surface area contributed by atoms with Crippen LogP contribution in [-0.2, 0) is 9.59 Å². The molecule has 0 aromatic heterocycles. The lowest BCUT2D eigenvalue weighted by molar-refractivity contribution is -0.122. The number of hydrogen-bond donors (Lipinski definition) is 3. The van der Waals surface area contributed by atoms with Gasteiger partial charge in [0.2, 0.25) is 11.8 Å². The number of hydrogen-bond acceptors (Lipinski definition) is 3. The molecule has 0 spiro atoms. The van der Waals surface area contributed by atoms with Crippen molar-refractivity contribution in [2.75, 3.05) is 6.54 Å². The number of halogens is 1. The molecule has 0 aliphatic heterocycles. The van der Waals surface area contributed by atoms with Gasteiger partial charge in [0.15, 0.2) is 0 Å². The second-order valence-electron chi connectivity index (χ2n) is 5.52. The largest absolute Gasteiger partial charge is 0.356 e. The van der Waals surface area contributed by atoms with Crippen LogP contribution >= 0.6 is 12.4 Å². The molecule has 1 saturated carbocycles. The summed E-state index contributed by atoms with van der Waals surface area (Å²) in [4.78, 5) is 23.1. The maximum absolute atomic E-state index is 11.7. The summed E-state index contributed by atoms with van der Waals surface area (Å²) in [6.07, 6.45) is 7.35. The number of carbonyl (C=O) groups excluding carboxylic acids is 2. The van der Waals surface area contributed by atoms with E-state index in [-0.39, 0.29) is 30.3 Å². The van der Waals surface area contributed by atoms with Crippen molar-refractivity contribution in [3.63, 3.8) is 0 Å². The van der Waals surface area contributed by atoms with Crippen molar-refractivity contribution < 1.29 is 9.59 Å². The lowest BCUT2D eigenvalue weighted by atomic mass is 9.95. The van der Waals surface area contributed by atoms with Gasteiger partial charge in [0, 0.05) is 31.5 Å². The fraction of sp³-hybridized carbons (Fsp3) is 0.857. The highest BCUT2D eigenvalue weighted by atomic mass is 35.5. The van der Waals surface area contributed by atoms with Crippen LogP contribution in [0.3, 0.4) is 0 Å². The Morgan fingerprint density at radius 1 is 1.15 bits per heavy atom. The molecule has 1 aliphatic carbocycles. The highest BCUT2D eigenvalue weighted by Crippen LogP contribution is 2.17. The van der Waals surface area contributed by atoms with Gasteiger partial charge in [-0.1, -0.05) is 19.3 Å². The molecule has 1 fully saturated rings. The maximum atomic E-state index is 11.7. The van der Waals surface area contributed by atoms with E-state index < -0.39 is 0 Å². The molecule has 1 rings (SSSR count). The van der Waals surface area contributed by atoms with Gasteiger partial charge in [-0.15, -0.1) is 12.4 Å². The fourth-order valence-electron chi connectivity index (χ4n) is 2.31. The molecule has 5 nitrogen and oxygen atoms in total. The van der Waals surface area contributed by atoms with Gasteiger partial charge in [-0.3, -0.25) is 9.59 Å². The number of rotatable bonds is 7. The lowest BCUT2D eigenvalue weighted by Crippen LogP contribution is -2.38. The second kappa shape index (κ2) is 10.9. The zero-order valence-electron chi connectivity index (χ0n) is 12.3. The molecule has 0 bridgehead atoms. The van der Waals surface area contributed by atoms with Gasteiger partial charge in [0.25, 0.3) is 0 Å². The van der Waals surface area contributed by atoms with Gasteiger partial charge in [-0.05, 0) is 26.2 Å². The summed E-state index contributed by atoms with van der Waals surface area (Å²) in [5, 5.41) is 5.78. The molecule has 1 unspecified atom stereocenters. The summed E-state index contributed by atoms with van der Waals surface area (Å²) in [5.41, 5.74) is 5.58.